The molecule has 178 valence electrons. The Labute approximate surface area is 198 Å². The van der Waals surface area contributed by atoms with E-state index < -0.39 is 0 Å². The molecule has 3 aromatic rings. The van der Waals surface area contributed by atoms with Gasteiger partial charge in [-0.05, 0) is 50.2 Å². The Morgan fingerprint density at radius 3 is 2.71 bits per heavy atom. The number of carbonyl (C=O) groups excluding carboxylic acids is 3. The Morgan fingerprint density at radius 2 is 1.97 bits per heavy atom. The lowest BCUT2D eigenvalue weighted by atomic mass is 9.99. The summed E-state index contributed by atoms with van der Waals surface area (Å²) in [5.41, 5.74) is 7.46. The van der Waals surface area contributed by atoms with Gasteiger partial charge in [0, 0.05) is 50.7 Å². The van der Waals surface area contributed by atoms with Gasteiger partial charge >= 0.3 is 0 Å². The molecular weight excluding hydrogens is 432 g/mol. The summed E-state index contributed by atoms with van der Waals surface area (Å²) in [4.78, 5) is 42.5. The Morgan fingerprint density at radius 1 is 1.21 bits per heavy atom. The second kappa shape index (κ2) is 9.26. The second-order valence-electron chi connectivity index (χ2n) is 8.99. The van der Waals surface area contributed by atoms with E-state index in [0.29, 0.717) is 43.6 Å². The molecule has 0 unspecified atom stereocenters. The normalized spacial score (nSPS) is 12.7. The summed E-state index contributed by atoms with van der Waals surface area (Å²) in [6.45, 7) is 5.61. The topological polar surface area (TPSA) is 103 Å². The van der Waals surface area contributed by atoms with Crippen LogP contribution in [0.5, 0.6) is 0 Å². The van der Waals surface area contributed by atoms with Gasteiger partial charge in [0.1, 0.15) is 0 Å². The largest absolute Gasteiger partial charge is 0.356 e. The summed E-state index contributed by atoms with van der Waals surface area (Å²) in [5, 5.41) is 7.52. The SMILES string of the molecule is Cc1cc(C(=O)N(C)CCN(C)Cc2c(-c3ccc4c(c3)CC(=O)N4)c(C)nn2C)c(C=O)[nH]1. The third-order valence-corrected chi connectivity index (χ3v) is 6.27. The van der Waals surface area contributed by atoms with E-state index in [1.165, 1.54) is 0 Å². The highest BCUT2D eigenvalue weighted by Gasteiger charge is 2.22. The molecule has 0 saturated carbocycles. The Kier molecular flexibility index (Phi) is 6.39. The van der Waals surface area contributed by atoms with Crippen molar-refractivity contribution in [1.29, 1.82) is 0 Å². The lowest BCUT2D eigenvalue weighted by molar-refractivity contribution is -0.115. The molecule has 2 amide bonds. The van der Waals surface area contributed by atoms with Crippen molar-refractivity contribution in [2.45, 2.75) is 26.8 Å². The highest BCUT2D eigenvalue weighted by atomic mass is 16.2. The molecule has 2 aromatic heterocycles. The van der Waals surface area contributed by atoms with Crippen LogP contribution in [0.2, 0.25) is 0 Å². The average molecular weight is 463 g/mol. The molecule has 0 fully saturated rings. The van der Waals surface area contributed by atoms with Crippen LogP contribution in [0.25, 0.3) is 11.1 Å². The third kappa shape index (κ3) is 4.51. The maximum absolute atomic E-state index is 12.8. The highest BCUT2D eigenvalue weighted by molar-refractivity contribution is 6.01. The van der Waals surface area contributed by atoms with Crippen molar-refractivity contribution in [2.24, 2.45) is 7.05 Å². The zero-order valence-electron chi connectivity index (χ0n) is 20.2. The van der Waals surface area contributed by atoms with Crippen LogP contribution in [-0.2, 0) is 24.8 Å². The maximum Gasteiger partial charge on any atom is 0.255 e. The van der Waals surface area contributed by atoms with Crippen molar-refractivity contribution < 1.29 is 14.4 Å². The number of aldehydes is 1. The average Bonchev–Trinajstić information content (AvgIpc) is 3.44. The molecule has 0 aliphatic carbocycles. The van der Waals surface area contributed by atoms with Crippen LogP contribution < -0.4 is 5.32 Å². The number of hydrogen-bond donors (Lipinski definition) is 2. The summed E-state index contributed by atoms with van der Waals surface area (Å²) in [6.07, 6.45) is 1.07. The molecule has 34 heavy (non-hydrogen) atoms. The molecule has 0 spiro atoms. The number of carbonyl (C=O) groups is 3. The summed E-state index contributed by atoms with van der Waals surface area (Å²) >= 11 is 0. The van der Waals surface area contributed by atoms with Crippen LogP contribution in [0, 0.1) is 13.8 Å². The third-order valence-electron chi connectivity index (χ3n) is 6.27. The molecule has 0 bridgehead atoms. The first-order chi connectivity index (χ1) is 16.2. The fourth-order valence-corrected chi connectivity index (χ4v) is 4.49. The minimum Gasteiger partial charge on any atom is -0.356 e. The van der Waals surface area contributed by atoms with E-state index in [-0.39, 0.29) is 11.8 Å². The molecule has 0 saturated heterocycles. The molecule has 1 aromatic carbocycles. The number of H-pyrrole nitrogens is 1. The number of fused-ring (bicyclic) bond motifs is 1. The minimum atomic E-state index is -0.182. The molecule has 0 atom stereocenters. The van der Waals surface area contributed by atoms with Gasteiger partial charge in [0.2, 0.25) is 5.91 Å². The fourth-order valence-electron chi connectivity index (χ4n) is 4.49. The minimum absolute atomic E-state index is 0.0174. The fraction of sp³-hybridized carbons (Fsp3) is 0.360. The molecule has 2 N–H and O–H groups in total. The van der Waals surface area contributed by atoms with Crippen LogP contribution in [0.1, 0.15) is 43.5 Å². The van der Waals surface area contributed by atoms with Crippen molar-refractivity contribution in [2.75, 3.05) is 32.5 Å². The molecule has 4 rings (SSSR count). The number of aryl methyl sites for hydroxylation is 3. The lowest BCUT2D eigenvalue weighted by Crippen LogP contribution is -2.35. The molecule has 9 heteroatoms. The van der Waals surface area contributed by atoms with Gasteiger partial charge in [-0.15, -0.1) is 0 Å². The maximum atomic E-state index is 12.8. The zero-order chi connectivity index (χ0) is 24.6. The predicted octanol–water partition coefficient (Wildman–Crippen LogP) is 2.54. The summed E-state index contributed by atoms with van der Waals surface area (Å²) < 4.78 is 1.89. The van der Waals surface area contributed by atoms with E-state index in [0.717, 1.165) is 39.5 Å². The van der Waals surface area contributed by atoms with Crippen molar-refractivity contribution in [3.63, 3.8) is 0 Å². The molecule has 0 radical (unpaired) electrons. The Balaban J connectivity index is 1.46. The predicted molar refractivity (Wildman–Crippen MR) is 130 cm³/mol. The van der Waals surface area contributed by atoms with Crippen LogP contribution in [0.3, 0.4) is 0 Å². The number of rotatable bonds is 8. The number of anilines is 1. The molecule has 1 aliphatic rings. The van der Waals surface area contributed by atoms with Crippen molar-refractivity contribution in [1.82, 2.24) is 24.6 Å². The van der Waals surface area contributed by atoms with Crippen LogP contribution in [0.15, 0.2) is 24.3 Å². The summed E-state index contributed by atoms with van der Waals surface area (Å²) in [6, 6.07) is 7.74. The number of aromatic amines is 1. The number of hydrogen-bond acceptors (Lipinski definition) is 5. The standard InChI is InChI=1S/C25H30N6O3/c1-15-10-19(21(14-32)26-15)25(34)30(4)9-8-29(3)13-22-24(16(2)28-31(22)5)17-6-7-20-18(11-17)12-23(33)27-20/h6-7,10-11,14,26H,8-9,12-13H2,1-5H3,(H,27,33). The van der Waals surface area contributed by atoms with Gasteiger partial charge in [0.05, 0.1) is 29.1 Å². The van der Waals surface area contributed by atoms with Gasteiger partial charge in [-0.2, -0.15) is 5.10 Å². The first kappa shape index (κ1) is 23.4. The summed E-state index contributed by atoms with van der Waals surface area (Å²) in [5.74, 6) is -0.165. The van der Waals surface area contributed by atoms with Crippen LogP contribution in [-0.4, -0.2) is 69.8 Å². The number of nitrogens with one attached hydrogen (secondary N) is 2. The van der Waals surface area contributed by atoms with Gasteiger partial charge in [-0.1, -0.05) is 6.07 Å². The van der Waals surface area contributed by atoms with E-state index in [2.05, 4.69) is 26.4 Å². The van der Waals surface area contributed by atoms with E-state index in [4.69, 9.17) is 0 Å². The van der Waals surface area contributed by atoms with Crippen molar-refractivity contribution in [3.8, 4) is 11.1 Å². The number of benzene rings is 1. The van der Waals surface area contributed by atoms with Crippen LogP contribution in [0.4, 0.5) is 5.69 Å². The number of amides is 2. The Hall–Kier alpha value is -3.72. The number of likely N-dealkylation sites (N-methyl/N-ethyl adjacent to an activating group) is 2. The summed E-state index contributed by atoms with van der Waals surface area (Å²) in [7, 11) is 5.68. The first-order valence-electron chi connectivity index (χ1n) is 11.2. The number of aromatic nitrogens is 3. The first-order valence-corrected chi connectivity index (χ1v) is 11.2. The van der Waals surface area contributed by atoms with Gasteiger partial charge < -0.3 is 15.2 Å². The molecule has 9 nitrogen and oxygen atoms in total. The van der Waals surface area contributed by atoms with Gasteiger partial charge in [0.15, 0.2) is 6.29 Å². The highest BCUT2D eigenvalue weighted by Crippen LogP contribution is 2.33. The molecular formula is C25H30N6O3. The van der Waals surface area contributed by atoms with Crippen molar-refractivity contribution >= 4 is 23.8 Å². The van der Waals surface area contributed by atoms with E-state index in [1.54, 1.807) is 18.0 Å². The monoisotopic (exact) mass is 462 g/mol. The molecule has 3 heterocycles. The smallest absolute Gasteiger partial charge is 0.255 e. The zero-order valence-corrected chi connectivity index (χ0v) is 20.2. The van der Waals surface area contributed by atoms with E-state index in [9.17, 15) is 14.4 Å². The molecule has 1 aliphatic heterocycles. The van der Waals surface area contributed by atoms with Crippen molar-refractivity contribution in [3.05, 3.63) is 58.2 Å². The van der Waals surface area contributed by atoms with Gasteiger partial charge in [0.25, 0.3) is 5.91 Å². The van der Waals surface area contributed by atoms with Gasteiger partial charge in [-0.25, -0.2) is 0 Å². The second-order valence-corrected chi connectivity index (χ2v) is 8.99. The lowest BCUT2D eigenvalue weighted by Gasteiger charge is -2.23. The van der Waals surface area contributed by atoms with E-state index >= 15 is 0 Å². The van der Waals surface area contributed by atoms with Crippen LogP contribution >= 0.6 is 0 Å². The Bertz CT molecular complexity index is 1270. The quantitative estimate of drug-likeness (QED) is 0.501. The van der Waals surface area contributed by atoms with E-state index in [1.807, 2.05) is 44.8 Å². The number of nitrogens with zero attached hydrogens (tertiary/aromatic N) is 4. The van der Waals surface area contributed by atoms with Gasteiger partial charge in [-0.3, -0.25) is 24.0 Å².